The number of carbonyl (C=O) groups is 3. The van der Waals surface area contributed by atoms with Gasteiger partial charge in [-0.05, 0) is 37.5 Å². The van der Waals surface area contributed by atoms with Gasteiger partial charge in [0.2, 0.25) is 11.8 Å². The maximum Gasteiger partial charge on any atom is 0.329 e. The normalized spacial score (nSPS) is 23.1. The number of hydrogen-bond acceptors (Lipinski definition) is 5. The second-order valence-corrected chi connectivity index (χ2v) is 6.30. The summed E-state index contributed by atoms with van der Waals surface area (Å²) in [7, 11) is 0. The third-order valence-electron chi connectivity index (χ3n) is 4.71. The summed E-state index contributed by atoms with van der Waals surface area (Å²) in [4.78, 5) is 38.3. The van der Waals surface area contributed by atoms with Crippen LogP contribution in [0.1, 0.15) is 30.9 Å². The number of amides is 2. The minimum Gasteiger partial charge on any atom is -0.459 e. The van der Waals surface area contributed by atoms with Gasteiger partial charge in [0, 0.05) is 0 Å². The van der Waals surface area contributed by atoms with Crippen molar-refractivity contribution >= 4 is 17.8 Å². The van der Waals surface area contributed by atoms with Crippen LogP contribution in [0.4, 0.5) is 0 Å². The lowest BCUT2D eigenvalue weighted by Gasteiger charge is -2.21. The zero-order valence-electron chi connectivity index (χ0n) is 13.8. The molecule has 1 aromatic rings. The van der Waals surface area contributed by atoms with Crippen LogP contribution in [-0.4, -0.2) is 28.7 Å². The van der Waals surface area contributed by atoms with Gasteiger partial charge in [-0.15, -0.1) is 0 Å². The molecule has 1 heterocycles. The SMILES string of the molecule is C[C@H](C(=O)OCc1cccc(C#N)c1)N1C(=O)[C@H]2CC=CC[C@@H]2C1=O. The second-order valence-electron chi connectivity index (χ2n) is 6.30. The van der Waals surface area contributed by atoms with Gasteiger partial charge in [0.05, 0.1) is 23.5 Å². The van der Waals surface area contributed by atoms with E-state index in [9.17, 15) is 14.4 Å². The summed E-state index contributed by atoms with van der Waals surface area (Å²) in [6, 6.07) is 7.80. The van der Waals surface area contributed by atoms with E-state index in [-0.39, 0.29) is 30.3 Å². The van der Waals surface area contributed by atoms with E-state index >= 15 is 0 Å². The molecule has 3 rings (SSSR count). The fourth-order valence-corrected chi connectivity index (χ4v) is 3.32. The van der Waals surface area contributed by atoms with Gasteiger partial charge in [-0.3, -0.25) is 14.5 Å². The number of esters is 1. The number of hydrogen-bond donors (Lipinski definition) is 0. The lowest BCUT2D eigenvalue weighted by molar-refractivity contribution is -0.159. The van der Waals surface area contributed by atoms with Gasteiger partial charge in [0.25, 0.3) is 0 Å². The van der Waals surface area contributed by atoms with Crippen molar-refractivity contribution in [2.75, 3.05) is 0 Å². The van der Waals surface area contributed by atoms with Crippen LogP contribution in [0.5, 0.6) is 0 Å². The van der Waals surface area contributed by atoms with E-state index in [1.54, 1.807) is 24.3 Å². The Bertz CT molecular complexity index is 767. The molecule has 0 aromatic heterocycles. The molecule has 0 bridgehead atoms. The summed E-state index contributed by atoms with van der Waals surface area (Å²) in [5.74, 6) is -1.94. The number of imide groups is 1. The Morgan fingerprint density at radius 1 is 1.28 bits per heavy atom. The number of allylic oxidation sites excluding steroid dienone is 2. The zero-order chi connectivity index (χ0) is 18.0. The van der Waals surface area contributed by atoms with Crippen LogP contribution in [0.3, 0.4) is 0 Å². The Kier molecular flexibility index (Phi) is 4.66. The number of ether oxygens (including phenoxy) is 1. The molecular weight excluding hydrogens is 320 g/mol. The Morgan fingerprint density at radius 3 is 2.52 bits per heavy atom. The first kappa shape index (κ1) is 16.9. The van der Waals surface area contributed by atoms with E-state index in [1.165, 1.54) is 6.92 Å². The first-order valence-electron chi connectivity index (χ1n) is 8.20. The summed E-state index contributed by atoms with van der Waals surface area (Å²) in [5, 5.41) is 8.89. The molecule has 0 spiro atoms. The summed E-state index contributed by atoms with van der Waals surface area (Å²) < 4.78 is 5.24. The molecule has 1 aliphatic carbocycles. The number of benzene rings is 1. The molecule has 0 radical (unpaired) electrons. The van der Waals surface area contributed by atoms with Crippen molar-refractivity contribution in [3.8, 4) is 6.07 Å². The van der Waals surface area contributed by atoms with E-state index < -0.39 is 12.0 Å². The van der Waals surface area contributed by atoms with Crippen LogP contribution < -0.4 is 0 Å². The first-order chi connectivity index (χ1) is 12.0. The highest BCUT2D eigenvalue weighted by molar-refractivity contribution is 6.08. The van der Waals surface area contributed by atoms with E-state index in [0.717, 1.165) is 4.90 Å². The van der Waals surface area contributed by atoms with Gasteiger partial charge in [0.1, 0.15) is 12.6 Å². The molecule has 6 heteroatoms. The quantitative estimate of drug-likeness (QED) is 0.476. The number of nitriles is 1. The lowest BCUT2D eigenvalue weighted by atomic mass is 9.85. The summed E-state index contributed by atoms with van der Waals surface area (Å²) >= 11 is 0. The van der Waals surface area contributed by atoms with Crippen LogP contribution in [0, 0.1) is 23.2 Å². The number of carbonyl (C=O) groups excluding carboxylic acids is 3. The molecule has 1 aromatic carbocycles. The minimum atomic E-state index is -0.954. The van der Waals surface area contributed by atoms with Crippen molar-refractivity contribution in [2.24, 2.45) is 11.8 Å². The van der Waals surface area contributed by atoms with Crippen LogP contribution >= 0.6 is 0 Å². The molecule has 2 amide bonds. The molecule has 3 atom stereocenters. The van der Waals surface area contributed by atoms with Crippen molar-refractivity contribution in [1.82, 2.24) is 4.90 Å². The van der Waals surface area contributed by atoms with Crippen molar-refractivity contribution in [3.05, 3.63) is 47.5 Å². The van der Waals surface area contributed by atoms with E-state index in [2.05, 4.69) is 0 Å². The highest BCUT2D eigenvalue weighted by atomic mass is 16.5. The summed E-state index contributed by atoms with van der Waals surface area (Å²) in [6.45, 7) is 1.50. The summed E-state index contributed by atoms with van der Waals surface area (Å²) in [6.07, 6.45) is 4.88. The van der Waals surface area contributed by atoms with Crippen LogP contribution in [0.2, 0.25) is 0 Å². The van der Waals surface area contributed by atoms with Crippen molar-refractivity contribution in [1.29, 1.82) is 5.26 Å². The highest BCUT2D eigenvalue weighted by Gasteiger charge is 2.50. The first-order valence-corrected chi connectivity index (χ1v) is 8.20. The monoisotopic (exact) mass is 338 g/mol. The average Bonchev–Trinajstić information content (AvgIpc) is 2.90. The molecule has 25 heavy (non-hydrogen) atoms. The molecule has 6 nitrogen and oxygen atoms in total. The molecule has 1 saturated heterocycles. The molecule has 0 saturated carbocycles. The predicted molar refractivity (Wildman–Crippen MR) is 87.6 cm³/mol. The topological polar surface area (TPSA) is 87.5 Å². The molecule has 2 aliphatic rings. The average molecular weight is 338 g/mol. The number of nitrogens with zero attached hydrogens (tertiary/aromatic N) is 2. The van der Waals surface area contributed by atoms with E-state index in [4.69, 9.17) is 10.00 Å². The Hall–Kier alpha value is -2.94. The maximum atomic E-state index is 12.5. The molecule has 0 unspecified atom stereocenters. The van der Waals surface area contributed by atoms with Gasteiger partial charge in [0.15, 0.2) is 0 Å². The largest absolute Gasteiger partial charge is 0.459 e. The zero-order valence-corrected chi connectivity index (χ0v) is 13.8. The van der Waals surface area contributed by atoms with Crippen LogP contribution in [0.15, 0.2) is 36.4 Å². The van der Waals surface area contributed by atoms with Crippen molar-refractivity contribution < 1.29 is 19.1 Å². The van der Waals surface area contributed by atoms with Gasteiger partial charge in [-0.25, -0.2) is 4.79 Å². The lowest BCUT2D eigenvalue weighted by Crippen LogP contribution is -2.44. The standard InChI is InChI=1S/C19H18N2O4/c1-12(19(24)25-11-14-6-4-5-13(9-14)10-20)21-17(22)15-7-2-3-8-16(15)18(21)23/h2-6,9,12,15-16H,7-8,11H2,1H3/t12-,15+,16+/m1/s1. The highest BCUT2D eigenvalue weighted by Crippen LogP contribution is 2.36. The Balaban J connectivity index is 1.65. The van der Waals surface area contributed by atoms with E-state index in [1.807, 2.05) is 18.2 Å². The van der Waals surface area contributed by atoms with Gasteiger partial charge >= 0.3 is 5.97 Å². The van der Waals surface area contributed by atoms with Gasteiger partial charge in [-0.2, -0.15) is 5.26 Å². The molecule has 128 valence electrons. The maximum absolute atomic E-state index is 12.5. The number of likely N-dealkylation sites (tertiary alicyclic amines) is 1. The van der Waals surface area contributed by atoms with Gasteiger partial charge < -0.3 is 4.74 Å². The van der Waals surface area contributed by atoms with Crippen molar-refractivity contribution in [3.63, 3.8) is 0 Å². The summed E-state index contributed by atoms with van der Waals surface area (Å²) in [5.41, 5.74) is 1.15. The fourth-order valence-electron chi connectivity index (χ4n) is 3.32. The molecule has 1 fully saturated rings. The number of rotatable bonds is 4. The van der Waals surface area contributed by atoms with E-state index in [0.29, 0.717) is 24.0 Å². The smallest absolute Gasteiger partial charge is 0.329 e. The Morgan fingerprint density at radius 2 is 1.92 bits per heavy atom. The fraction of sp³-hybridized carbons (Fsp3) is 0.368. The molecule has 1 aliphatic heterocycles. The second kappa shape index (κ2) is 6.89. The van der Waals surface area contributed by atoms with Crippen molar-refractivity contribution in [2.45, 2.75) is 32.4 Å². The molecule has 0 N–H and O–H groups in total. The van der Waals surface area contributed by atoms with Crippen LogP contribution in [0.25, 0.3) is 0 Å². The van der Waals surface area contributed by atoms with Crippen LogP contribution in [-0.2, 0) is 25.7 Å². The third kappa shape index (κ3) is 3.18. The third-order valence-corrected chi connectivity index (χ3v) is 4.71. The van der Waals surface area contributed by atoms with Gasteiger partial charge in [-0.1, -0.05) is 24.3 Å². The predicted octanol–water partition coefficient (Wildman–Crippen LogP) is 1.94. The minimum absolute atomic E-state index is 0.0106. The Labute approximate surface area is 145 Å². The number of fused-ring (bicyclic) bond motifs is 1. The molecular formula is C19H18N2O4.